The SMILES string of the molecule is O[C@@H]1CC2(COC2)[C@@H]1[C@H]1c2ccccc2-c2cncn21. The van der Waals surface area contributed by atoms with Gasteiger partial charge >= 0.3 is 0 Å². The number of aromatic nitrogens is 2. The molecular weight excluding hydrogens is 252 g/mol. The van der Waals surface area contributed by atoms with Gasteiger partial charge in [0.2, 0.25) is 0 Å². The van der Waals surface area contributed by atoms with Gasteiger partial charge in [-0.05, 0) is 12.0 Å². The van der Waals surface area contributed by atoms with Crippen LogP contribution in [0.4, 0.5) is 0 Å². The first-order valence-electron chi connectivity index (χ1n) is 7.17. The summed E-state index contributed by atoms with van der Waals surface area (Å²) < 4.78 is 7.67. The normalized spacial score (nSPS) is 32.4. The molecule has 2 fully saturated rings. The molecule has 102 valence electrons. The van der Waals surface area contributed by atoms with Crippen molar-refractivity contribution in [3.63, 3.8) is 0 Å². The van der Waals surface area contributed by atoms with Crippen LogP contribution in [0.2, 0.25) is 0 Å². The van der Waals surface area contributed by atoms with E-state index in [9.17, 15) is 5.11 Å². The molecule has 1 spiro atoms. The van der Waals surface area contributed by atoms with Gasteiger partial charge in [0.25, 0.3) is 0 Å². The molecule has 20 heavy (non-hydrogen) atoms. The standard InChI is InChI=1S/C16H16N2O2/c19-13-5-16(7-20-8-16)14(13)15-11-4-2-1-3-10(11)12-6-17-9-18(12)15/h1-4,6,9,13-15,19H,5,7-8H2/t13-,14+,15-/m1/s1. The third-order valence-corrected chi connectivity index (χ3v) is 5.38. The number of fused-ring (bicyclic) bond motifs is 3. The zero-order valence-electron chi connectivity index (χ0n) is 11.1. The van der Waals surface area contributed by atoms with E-state index in [2.05, 4.69) is 33.8 Å². The van der Waals surface area contributed by atoms with Crippen molar-refractivity contribution in [1.82, 2.24) is 9.55 Å². The van der Waals surface area contributed by atoms with Crippen LogP contribution in [-0.2, 0) is 4.74 Å². The summed E-state index contributed by atoms with van der Waals surface area (Å²) in [5.41, 5.74) is 3.92. The van der Waals surface area contributed by atoms with Gasteiger partial charge in [0, 0.05) is 16.9 Å². The van der Waals surface area contributed by atoms with Crippen LogP contribution in [0.3, 0.4) is 0 Å². The van der Waals surface area contributed by atoms with Crippen molar-refractivity contribution in [2.75, 3.05) is 13.2 Å². The molecule has 1 aromatic carbocycles. The third-order valence-electron chi connectivity index (χ3n) is 5.38. The first-order valence-corrected chi connectivity index (χ1v) is 7.17. The number of nitrogens with zero attached hydrogens (tertiary/aromatic N) is 2. The maximum Gasteiger partial charge on any atom is 0.0956 e. The number of hydrogen-bond acceptors (Lipinski definition) is 3. The summed E-state index contributed by atoms with van der Waals surface area (Å²) in [5, 5.41) is 10.4. The van der Waals surface area contributed by atoms with Crippen molar-refractivity contribution in [3.8, 4) is 11.3 Å². The highest BCUT2D eigenvalue weighted by Gasteiger charge is 2.62. The maximum absolute atomic E-state index is 10.4. The molecule has 1 saturated carbocycles. The molecule has 3 aliphatic rings. The molecule has 1 aliphatic carbocycles. The van der Waals surface area contributed by atoms with Gasteiger partial charge in [-0.3, -0.25) is 0 Å². The topological polar surface area (TPSA) is 47.3 Å². The summed E-state index contributed by atoms with van der Waals surface area (Å²) in [4.78, 5) is 4.30. The summed E-state index contributed by atoms with van der Waals surface area (Å²) >= 11 is 0. The highest BCUT2D eigenvalue weighted by atomic mass is 16.5. The Morgan fingerprint density at radius 3 is 2.90 bits per heavy atom. The predicted octanol–water partition coefficient (Wildman–Crippen LogP) is 1.85. The van der Waals surface area contributed by atoms with Gasteiger partial charge in [-0.2, -0.15) is 0 Å². The van der Waals surface area contributed by atoms with Gasteiger partial charge in [-0.25, -0.2) is 4.98 Å². The van der Waals surface area contributed by atoms with Gasteiger partial charge in [-0.15, -0.1) is 0 Å². The number of ether oxygens (including phenoxy) is 1. The van der Waals surface area contributed by atoms with E-state index >= 15 is 0 Å². The van der Waals surface area contributed by atoms with E-state index in [-0.39, 0.29) is 23.5 Å². The molecule has 0 amide bonds. The number of imidazole rings is 1. The fraction of sp³-hybridized carbons (Fsp3) is 0.438. The fourth-order valence-electron chi connectivity index (χ4n) is 4.39. The lowest BCUT2D eigenvalue weighted by Gasteiger charge is -2.60. The average Bonchev–Trinajstić information content (AvgIpc) is 2.97. The lowest BCUT2D eigenvalue weighted by Crippen LogP contribution is -2.64. The Labute approximate surface area is 117 Å². The molecule has 2 aromatic rings. The van der Waals surface area contributed by atoms with Crippen LogP contribution < -0.4 is 0 Å². The van der Waals surface area contributed by atoms with E-state index < -0.39 is 0 Å². The Morgan fingerprint density at radius 1 is 1.30 bits per heavy atom. The second-order valence-corrected chi connectivity index (χ2v) is 6.37. The number of aliphatic hydroxyl groups is 1. The quantitative estimate of drug-likeness (QED) is 0.858. The van der Waals surface area contributed by atoms with E-state index in [1.54, 1.807) is 0 Å². The van der Waals surface area contributed by atoms with Gasteiger partial charge in [0.05, 0.1) is 43.6 Å². The zero-order valence-corrected chi connectivity index (χ0v) is 11.1. The molecule has 0 radical (unpaired) electrons. The molecule has 1 aromatic heterocycles. The molecule has 0 unspecified atom stereocenters. The van der Waals surface area contributed by atoms with Crippen LogP contribution in [0.1, 0.15) is 18.0 Å². The summed E-state index contributed by atoms with van der Waals surface area (Å²) in [7, 11) is 0. The van der Waals surface area contributed by atoms with E-state index in [4.69, 9.17) is 4.74 Å². The zero-order chi connectivity index (χ0) is 13.3. The Morgan fingerprint density at radius 2 is 2.15 bits per heavy atom. The average molecular weight is 268 g/mol. The summed E-state index contributed by atoms with van der Waals surface area (Å²) in [6, 6.07) is 8.69. The number of hydrogen-bond donors (Lipinski definition) is 1. The second-order valence-electron chi connectivity index (χ2n) is 6.37. The second kappa shape index (κ2) is 3.51. The van der Waals surface area contributed by atoms with Crippen molar-refractivity contribution in [3.05, 3.63) is 42.4 Å². The molecule has 2 aliphatic heterocycles. The molecule has 1 N–H and O–H groups in total. The van der Waals surface area contributed by atoms with Crippen molar-refractivity contribution in [2.45, 2.75) is 18.6 Å². The third kappa shape index (κ3) is 1.13. The Hall–Kier alpha value is -1.65. The number of rotatable bonds is 1. The van der Waals surface area contributed by atoms with Gasteiger partial charge in [-0.1, -0.05) is 24.3 Å². The van der Waals surface area contributed by atoms with Crippen LogP contribution in [0.15, 0.2) is 36.8 Å². The molecule has 4 nitrogen and oxygen atoms in total. The lowest BCUT2D eigenvalue weighted by atomic mass is 9.53. The van der Waals surface area contributed by atoms with Gasteiger partial charge < -0.3 is 14.4 Å². The fourth-order valence-corrected chi connectivity index (χ4v) is 4.39. The minimum atomic E-state index is -0.231. The van der Waals surface area contributed by atoms with Crippen LogP contribution in [0.5, 0.6) is 0 Å². The molecule has 5 rings (SSSR count). The van der Waals surface area contributed by atoms with Gasteiger partial charge in [0.1, 0.15) is 0 Å². The Bertz CT molecular complexity index is 689. The molecule has 0 bridgehead atoms. The van der Waals surface area contributed by atoms with Crippen LogP contribution in [-0.4, -0.2) is 34.0 Å². The van der Waals surface area contributed by atoms with Crippen molar-refractivity contribution in [2.24, 2.45) is 11.3 Å². The maximum atomic E-state index is 10.4. The highest BCUT2D eigenvalue weighted by Crippen LogP contribution is 2.60. The Kier molecular flexibility index (Phi) is 1.94. The molecule has 1 saturated heterocycles. The van der Waals surface area contributed by atoms with Crippen LogP contribution in [0, 0.1) is 11.3 Å². The molecule has 3 atom stereocenters. The molecule has 4 heteroatoms. The summed E-state index contributed by atoms with van der Waals surface area (Å²) in [6.45, 7) is 1.58. The smallest absolute Gasteiger partial charge is 0.0956 e. The lowest BCUT2D eigenvalue weighted by molar-refractivity contribution is -0.250. The highest BCUT2D eigenvalue weighted by molar-refractivity contribution is 5.69. The largest absolute Gasteiger partial charge is 0.393 e. The van der Waals surface area contributed by atoms with Crippen molar-refractivity contribution >= 4 is 0 Å². The minimum absolute atomic E-state index is 0.184. The van der Waals surface area contributed by atoms with E-state index in [0.29, 0.717) is 0 Å². The van der Waals surface area contributed by atoms with E-state index in [1.165, 1.54) is 16.8 Å². The van der Waals surface area contributed by atoms with Crippen molar-refractivity contribution < 1.29 is 9.84 Å². The number of benzene rings is 1. The molecular formula is C16H16N2O2. The van der Waals surface area contributed by atoms with E-state index in [0.717, 1.165) is 19.6 Å². The summed E-state index contributed by atoms with van der Waals surface area (Å²) in [5.74, 6) is 0.243. The van der Waals surface area contributed by atoms with E-state index in [1.807, 2.05) is 12.5 Å². The monoisotopic (exact) mass is 268 g/mol. The minimum Gasteiger partial charge on any atom is -0.393 e. The predicted molar refractivity (Wildman–Crippen MR) is 73.2 cm³/mol. The first-order chi connectivity index (χ1) is 9.80. The van der Waals surface area contributed by atoms with Gasteiger partial charge in [0.15, 0.2) is 0 Å². The first kappa shape index (κ1) is 11.1. The summed E-state index contributed by atoms with van der Waals surface area (Å²) in [6.07, 6.45) is 4.47. The van der Waals surface area contributed by atoms with Crippen LogP contribution >= 0.6 is 0 Å². The Balaban J connectivity index is 1.68. The molecule has 3 heterocycles. The number of aliphatic hydroxyl groups excluding tert-OH is 1. The van der Waals surface area contributed by atoms with Crippen LogP contribution in [0.25, 0.3) is 11.3 Å². The van der Waals surface area contributed by atoms with Crippen molar-refractivity contribution in [1.29, 1.82) is 0 Å².